The van der Waals surface area contributed by atoms with Crippen LogP contribution in [0, 0.1) is 11.8 Å². The molecular formula is C54H82N14O16S. The van der Waals surface area contributed by atoms with E-state index in [1.165, 1.54) is 29.2 Å². The van der Waals surface area contributed by atoms with Gasteiger partial charge in [-0.05, 0) is 74.4 Å². The summed E-state index contributed by atoms with van der Waals surface area (Å²) >= 11 is 1.36. The number of aromatic amines is 1. The topological polar surface area (TPSA) is 489 Å². The van der Waals surface area contributed by atoms with E-state index in [0.717, 1.165) is 0 Å². The Bertz CT molecular complexity index is 2630. The predicted octanol–water partition coefficient (Wildman–Crippen LogP) is -3.68. The highest BCUT2D eigenvalue weighted by atomic mass is 32.2. The summed E-state index contributed by atoms with van der Waals surface area (Å²) in [6.45, 7) is 5.51. The summed E-state index contributed by atoms with van der Waals surface area (Å²) in [6, 6.07) is -5.86. The maximum atomic E-state index is 14.6. The third kappa shape index (κ3) is 24.5. The molecule has 2 aromatic rings. The molecule has 31 heteroatoms. The van der Waals surface area contributed by atoms with Gasteiger partial charge in [-0.1, -0.05) is 58.0 Å². The number of carboxylic acids is 2. The molecule has 0 unspecified atom stereocenters. The Kier molecular flexibility index (Phi) is 30.0. The van der Waals surface area contributed by atoms with Gasteiger partial charge in [0.1, 0.15) is 54.4 Å². The molecule has 1 aromatic carbocycles. The van der Waals surface area contributed by atoms with Crippen molar-refractivity contribution in [2.24, 2.45) is 29.0 Å². The molecule has 3 rings (SSSR count). The zero-order valence-electron chi connectivity index (χ0n) is 48.3. The van der Waals surface area contributed by atoms with E-state index in [-0.39, 0.29) is 57.4 Å². The second-order valence-electron chi connectivity index (χ2n) is 21.3. The summed E-state index contributed by atoms with van der Waals surface area (Å²) < 4.78 is 0. The molecule has 1 saturated heterocycles. The lowest BCUT2D eigenvalue weighted by atomic mass is 10.0. The first-order valence-corrected chi connectivity index (χ1v) is 29.2. The van der Waals surface area contributed by atoms with Crippen LogP contribution in [0.2, 0.25) is 0 Å². The number of primary amides is 2. The first-order valence-electron chi connectivity index (χ1n) is 27.8. The molecule has 0 saturated carbocycles. The highest BCUT2D eigenvalue weighted by molar-refractivity contribution is 7.98. The van der Waals surface area contributed by atoms with Crippen molar-refractivity contribution in [2.75, 3.05) is 25.2 Å². The van der Waals surface area contributed by atoms with Crippen molar-refractivity contribution < 1.29 is 77.6 Å². The fraction of sp³-hybridized carbons (Fsp3) is 0.593. The number of carbonyl (C=O) groups excluding carboxylic acids is 11. The van der Waals surface area contributed by atoms with Crippen molar-refractivity contribution in [2.45, 2.75) is 165 Å². The third-order valence-electron chi connectivity index (χ3n) is 13.6. The van der Waals surface area contributed by atoms with E-state index in [4.69, 9.17) is 17.2 Å². The van der Waals surface area contributed by atoms with Gasteiger partial charge in [-0.3, -0.25) is 57.5 Å². The van der Waals surface area contributed by atoms with Crippen molar-refractivity contribution in [3.05, 3.63) is 54.1 Å². The number of carbonyl (C=O) groups is 13. The third-order valence-corrected chi connectivity index (χ3v) is 14.3. The van der Waals surface area contributed by atoms with Gasteiger partial charge in [0.2, 0.25) is 65.0 Å². The van der Waals surface area contributed by atoms with Gasteiger partial charge in [0, 0.05) is 50.5 Å². The normalized spacial score (nSPS) is 16.2. The zero-order valence-corrected chi connectivity index (χ0v) is 49.1. The molecule has 18 N–H and O–H groups in total. The van der Waals surface area contributed by atoms with Gasteiger partial charge in [0.25, 0.3) is 0 Å². The molecule has 10 atom stereocenters. The van der Waals surface area contributed by atoms with Crippen molar-refractivity contribution >= 4 is 88.7 Å². The number of aliphatic carboxylic acids is 2. The summed E-state index contributed by atoms with van der Waals surface area (Å²) in [5, 5.41) is 49.8. The molecule has 30 nitrogen and oxygen atoms in total. The molecule has 0 radical (unpaired) electrons. The summed E-state index contributed by atoms with van der Waals surface area (Å²) in [6.07, 6.45) is 1.97. The molecule has 0 bridgehead atoms. The van der Waals surface area contributed by atoms with E-state index in [9.17, 15) is 77.6 Å². The molecular weight excluding hydrogens is 1130 g/mol. The van der Waals surface area contributed by atoms with Crippen LogP contribution in [0.25, 0.3) is 0 Å². The molecule has 0 aliphatic carbocycles. The standard InChI is InChI=1S/C54H82N14O16S/c1-28(2)22-36(63-48(77)35(19-21-85-5)60-45(74)32(55)13-16-41(56)70)49(78)61-33(14-17-42(57)71)47(76)66-39(26-69)51(80)62-34(15-18-43(72)73)46(75)65-38(24-31-25-58-27-59-31)53(82)68-20-9-12-40(68)52(81)64-37(23-30-10-7-6-8-11-30)50(79)67-44(29(3)4)54(83)84/h6-8,10-11,25,27-29,32-40,44,69H,9,12-24,26,55H2,1-5H3,(H2,56,70)(H2,57,71)(H,58,59)(H,60,74)(H,61,78)(H,62,80)(H,63,77)(H,64,81)(H,65,75)(H,66,76)(H,67,79)(H,72,73)(H,83,84)/t32-,33-,34-,35-,36-,37-,38-,39-,40-,44-/m0/s1. The van der Waals surface area contributed by atoms with Crippen LogP contribution in [-0.4, -0.2) is 193 Å². The summed E-state index contributed by atoms with van der Waals surface area (Å²) in [5.41, 5.74) is 17.5. The number of nitrogens with zero attached hydrogens (tertiary/aromatic N) is 2. The van der Waals surface area contributed by atoms with Crippen molar-refractivity contribution in [3.8, 4) is 0 Å². The smallest absolute Gasteiger partial charge is 0.326 e. The number of H-pyrrole nitrogens is 1. The fourth-order valence-electron chi connectivity index (χ4n) is 8.98. The average molecular weight is 1220 g/mol. The Labute approximate surface area is 495 Å². The molecule has 1 fully saturated rings. The Morgan fingerprint density at radius 3 is 1.69 bits per heavy atom. The minimum absolute atomic E-state index is 0.00291. The monoisotopic (exact) mass is 1210 g/mol. The van der Waals surface area contributed by atoms with Crippen LogP contribution in [0.5, 0.6) is 0 Å². The minimum atomic E-state index is -1.92. The number of imidazole rings is 1. The van der Waals surface area contributed by atoms with E-state index >= 15 is 0 Å². The average Bonchev–Trinajstić information content (AvgIpc) is 4.39. The molecule has 470 valence electrons. The molecule has 0 spiro atoms. The largest absolute Gasteiger partial charge is 0.481 e. The molecule has 85 heavy (non-hydrogen) atoms. The molecule has 1 aromatic heterocycles. The number of hydrogen-bond acceptors (Lipinski definition) is 17. The van der Waals surface area contributed by atoms with Crippen molar-refractivity contribution in [1.82, 2.24) is 57.4 Å². The van der Waals surface area contributed by atoms with Crippen LogP contribution >= 0.6 is 11.8 Å². The van der Waals surface area contributed by atoms with Crippen LogP contribution in [0.4, 0.5) is 0 Å². The lowest BCUT2D eigenvalue weighted by molar-refractivity contribution is -0.144. The van der Waals surface area contributed by atoms with E-state index in [0.29, 0.717) is 23.4 Å². The van der Waals surface area contributed by atoms with Crippen LogP contribution in [-0.2, 0) is 75.2 Å². The highest BCUT2D eigenvalue weighted by Crippen LogP contribution is 2.21. The Morgan fingerprint density at radius 1 is 0.647 bits per heavy atom. The van der Waals surface area contributed by atoms with Gasteiger partial charge in [-0.15, -0.1) is 0 Å². The first-order chi connectivity index (χ1) is 40.1. The number of aromatic nitrogens is 2. The maximum Gasteiger partial charge on any atom is 0.326 e. The van der Waals surface area contributed by atoms with Gasteiger partial charge in [-0.2, -0.15) is 11.8 Å². The van der Waals surface area contributed by atoms with Crippen molar-refractivity contribution in [1.29, 1.82) is 0 Å². The van der Waals surface area contributed by atoms with Gasteiger partial charge in [-0.25, -0.2) is 9.78 Å². The number of nitrogens with two attached hydrogens (primary N) is 3. The quantitative estimate of drug-likeness (QED) is 0.0308. The van der Waals surface area contributed by atoms with E-state index in [2.05, 4.69) is 52.5 Å². The fourth-order valence-corrected chi connectivity index (χ4v) is 9.45. The Balaban J connectivity index is 1.88. The van der Waals surface area contributed by atoms with E-state index in [1.807, 2.05) is 0 Å². The summed E-state index contributed by atoms with van der Waals surface area (Å²) in [5.74, 6) is -13.1. The summed E-state index contributed by atoms with van der Waals surface area (Å²) in [4.78, 5) is 181. The van der Waals surface area contributed by atoms with Crippen molar-refractivity contribution in [3.63, 3.8) is 0 Å². The maximum absolute atomic E-state index is 14.6. The lowest BCUT2D eigenvalue weighted by Gasteiger charge is -2.31. The molecule has 11 amide bonds. The number of carboxylic acid groups (broad SMARTS) is 2. The molecule has 1 aliphatic heterocycles. The van der Waals surface area contributed by atoms with E-state index in [1.54, 1.807) is 64.3 Å². The Hall–Kier alpha value is -8.19. The molecule has 2 heterocycles. The second kappa shape index (κ2) is 35.8. The number of aliphatic hydroxyl groups is 1. The number of benzene rings is 1. The summed E-state index contributed by atoms with van der Waals surface area (Å²) in [7, 11) is 0. The van der Waals surface area contributed by atoms with Crippen LogP contribution in [0.15, 0.2) is 42.9 Å². The van der Waals surface area contributed by atoms with Gasteiger partial charge >= 0.3 is 11.9 Å². The van der Waals surface area contributed by atoms with Crippen LogP contribution in [0.3, 0.4) is 0 Å². The molecule has 1 aliphatic rings. The highest BCUT2D eigenvalue weighted by Gasteiger charge is 2.41. The second-order valence-corrected chi connectivity index (χ2v) is 22.3. The van der Waals surface area contributed by atoms with Gasteiger partial charge in [0.15, 0.2) is 0 Å². The lowest BCUT2D eigenvalue weighted by Crippen LogP contribution is -2.61. The number of hydrogen-bond donors (Lipinski definition) is 15. The number of rotatable bonds is 38. The number of amides is 11. The zero-order chi connectivity index (χ0) is 63.5. The first kappa shape index (κ1) is 71.1. The number of thioether (sulfide) groups is 1. The SMILES string of the molecule is CSCC[C@H](NC(=O)[C@@H](N)CCC(N)=O)C(=O)N[C@@H](CC(C)C)C(=O)N[C@@H](CCC(N)=O)C(=O)N[C@@H](CO)C(=O)N[C@@H](CCC(=O)O)C(=O)N[C@@H](Cc1cnc[nH]1)C(=O)N1CCC[C@H]1C(=O)N[C@@H](Cc1ccccc1)C(=O)N[C@H](C(=O)O)C(C)C. The van der Waals surface area contributed by atoms with Gasteiger partial charge in [0.05, 0.1) is 19.0 Å². The Morgan fingerprint density at radius 2 is 1.16 bits per heavy atom. The number of likely N-dealkylation sites (tertiary alicyclic amines) is 1. The van der Waals surface area contributed by atoms with Gasteiger partial charge < -0.3 is 84.9 Å². The number of aliphatic hydroxyl groups excluding tert-OH is 1. The predicted molar refractivity (Wildman–Crippen MR) is 306 cm³/mol. The number of nitrogens with one attached hydrogen (secondary N) is 9. The van der Waals surface area contributed by atoms with Crippen LogP contribution in [0.1, 0.15) is 103 Å². The minimum Gasteiger partial charge on any atom is -0.481 e. The van der Waals surface area contributed by atoms with Crippen LogP contribution < -0.4 is 59.7 Å². The van der Waals surface area contributed by atoms with E-state index < -0.39 is 176 Å².